The molecule has 0 saturated heterocycles. The maximum absolute atomic E-state index is 12.7. The third-order valence-electron chi connectivity index (χ3n) is 12.0. The maximum atomic E-state index is 12.7. The minimum atomic E-state index is -0.759. The number of rotatable bonds is 48. The van der Waals surface area contributed by atoms with Crippen LogP contribution in [-0.4, -0.2) is 37.2 Å². The standard InChI is InChI=1S/C53H102O6/c1-5-7-9-11-12-13-14-15-16-17-22-25-28-31-34-38-42-46-53(56)59-50(47-57-51(54)44-40-35-10-8-6-2)48-58-52(55)45-41-37-33-30-27-24-21-19-18-20-23-26-29-32-36-39-43-49(3)4/h49-50H,5-48H2,1-4H3/t50-/m0/s1. The van der Waals surface area contributed by atoms with Gasteiger partial charge in [-0.05, 0) is 25.2 Å². The Bertz CT molecular complexity index is 887. The first-order chi connectivity index (χ1) is 28.9. The fraction of sp³-hybridized carbons (Fsp3) is 0.943. The van der Waals surface area contributed by atoms with Crippen LogP contribution in [0.5, 0.6) is 0 Å². The predicted molar refractivity (Wildman–Crippen MR) is 252 cm³/mol. The Morgan fingerprint density at radius 3 is 0.831 bits per heavy atom. The van der Waals surface area contributed by atoms with E-state index in [-0.39, 0.29) is 31.1 Å². The fourth-order valence-electron chi connectivity index (χ4n) is 8.04. The predicted octanol–water partition coefficient (Wildman–Crippen LogP) is 17.1. The summed E-state index contributed by atoms with van der Waals surface area (Å²) in [6.07, 6.45) is 49.8. The van der Waals surface area contributed by atoms with E-state index < -0.39 is 6.10 Å². The van der Waals surface area contributed by atoms with Crippen molar-refractivity contribution in [1.29, 1.82) is 0 Å². The molecule has 0 aromatic rings. The minimum Gasteiger partial charge on any atom is -0.462 e. The van der Waals surface area contributed by atoms with Crippen LogP contribution in [0.15, 0.2) is 0 Å². The summed E-state index contributed by atoms with van der Waals surface area (Å²) in [5.41, 5.74) is 0. The van der Waals surface area contributed by atoms with Crippen molar-refractivity contribution in [3.8, 4) is 0 Å². The zero-order chi connectivity index (χ0) is 43.1. The van der Waals surface area contributed by atoms with Gasteiger partial charge in [0.2, 0.25) is 0 Å². The summed E-state index contributed by atoms with van der Waals surface area (Å²) < 4.78 is 16.7. The second-order valence-electron chi connectivity index (χ2n) is 18.6. The van der Waals surface area contributed by atoms with Gasteiger partial charge < -0.3 is 14.2 Å². The lowest BCUT2D eigenvalue weighted by atomic mass is 10.0. The van der Waals surface area contributed by atoms with Crippen molar-refractivity contribution in [3.63, 3.8) is 0 Å². The van der Waals surface area contributed by atoms with Gasteiger partial charge in [-0.3, -0.25) is 14.4 Å². The van der Waals surface area contributed by atoms with Gasteiger partial charge in [-0.15, -0.1) is 0 Å². The lowest BCUT2D eigenvalue weighted by molar-refractivity contribution is -0.167. The zero-order valence-corrected chi connectivity index (χ0v) is 40.2. The van der Waals surface area contributed by atoms with E-state index in [1.54, 1.807) is 0 Å². The van der Waals surface area contributed by atoms with Crippen LogP contribution in [0, 0.1) is 5.92 Å². The number of unbranched alkanes of at least 4 members (excludes halogenated alkanes) is 35. The molecule has 350 valence electrons. The molecule has 0 amide bonds. The average Bonchev–Trinajstić information content (AvgIpc) is 3.22. The molecule has 6 nitrogen and oxygen atoms in total. The molecule has 0 N–H and O–H groups in total. The summed E-state index contributed by atoms with van der Waals surface area (Å²) in [4.78, 5) is 37.7. The summed E-state index contributed by atoms with van der Waals surface area (Å²) in [5, 5.41) is 0. The van der Waals surface area contributed by atoms with E-state index in [0.717, 1.165) is 70.1 Å². The fourth-order valence-corrected chi connectivity index (χ4v) is 8.04. The number of carbonyl (C=O) groups excluding carboxylic acids is 3. The molecule has 6 heteroatoms. The van der Waals surface area contributed by atoms with Crippen LogP contribution in [-0.2, 0) is 28.6 Å². The van der Waals surface area contributed by atoms with Crippen LogP contribution in [0.3, 0.4) is 0 Å². The van der Waals surface area contributed by atoms with Crippen LogP contribution < -0.4 is 0 Å². The summed E-state index contributed by atoms with van der Waals surface area (Å²) in [5.74, 6) is -0.00473. The van der Waals surface area contributed by atoms with E-state index in [2.05, 4.69) is 27.7 Å². The molecule has 0 aromatic heterocycles. The van der Waals surface area contributed by atoms with Gasteiger partial charge in [0.25, 0.3) is 0 Å². The van der Waals surface area contributed by atoms with Gasteiger partial charge in [-0.1, -0.05) is 259 Å². The molecular formula is C53H102O6. The molecule has 0 radical (unpaired) electrons. The van der Waals surface area contributed by atoms with Crippen LogP contribution in [0.1, 0.15) is 297 Å². The Hall–Kier alpha value is -1.59. The third-order valence-corrected chi connectivity index (χ3v) is 12.0. The van der Waals surface area contributed by atoms with Gasteiger partial charge in [0.15, 0.2) is 6.10 Å². The highest BCUT2D eigenvalue weighted by Crippen LogP contribution is 2.17. The Labute approximate surface area is 368 Å². The number of ether oxygens (including phenoxy) is 3. The summed E-state index contributed by atoms with van der Waals surface area (Å²) in [6, 6.07) is 0. The number of carbonyl (C=O) groups is 3. The van der Waals surface area contributed by atoms with E-state index in [9.17, 15) is 14.4 Å². The first-order valence-electron chi connectivity index (χ1n) is 26.4. The highest BCUT2D eigenvalue weighted by molar-refractivity contribution is 5.71. The Morgan fingerprint density at radius 2 is 0.559 bits per heavy atom. The Balaban J connectivity index is 4.08. The quantitative estimate of drug-likeness (QED) is 0.0345. The van der Waals surface area contributed by atoms with Crippen LogP contribution in [0.2, 0.25) is 0 Å². The van der Waals surface area contributed by atoms with Crippen molar-refractivity contribution in [3.05, 3.63) is 0 Å². The molecule has 0 aliphatic heterocycles. The highest BCUT2D eigenvalue weighted by atomic mass is 16.6. The van der Waals surface area contributed by atoms with Crippen molar-refractivity contribution in [2.45, 2.75) is 303 Å². The monoisotopic (exact) mass is 835 g/mol. The molecule has 1 atom stereocenters. The number of esters is 3. The Morgan fingerprint density at radius 1 is 0.322 bits per heavy atom. The van der Waals surface area contributed by atoms with Gasteiger partial charge in [0.05, 0.1) is 0 Å². The molecule has 0 aliphatic carbocycles. The van der Waals surface area contributed by atoms with Gasteiger partial charge in [0.1, 0.15) is 13.2 Å². The van der Waals surface area contributed by atoms with Gasteiger partial charge in [-0.2, -0.15) is 0 Å². The smallest absolute Gasteiger partial charge is 0.306 e. The van der Waals surface area contributed by atoms with Crippen molar-refractivity contribution >= 4 is 17.9 Å². The summed E-state index contributed by atoms with van der Waals surface area (Å²) >= 11 is 0. The first-order valence-corrected chi connectivity index (χ1v) is 26.4. The van der Waals surface area contributed by atoms with Gasteiger partial charge in [0, 0.05) is 19.3 Å². The molecule has 0 rings (SSSR count). The second-order valence-corrected chi connectivity index (χ2v) is 18.6. The normalized spacial score (nSPS) is 11.9. The topological polar surface area (TPSA) is 78.9 Å². The lowest BCUT2D eigenvalue weighted by Crippen LogP contribution is -2.30. The van der Waals surface area contributed by atoms with E-state index in [0.29, 0.717) is 19.3 Å². The van der Waals surface area contributed by atoms with Crippen LogP contribution in [0.4, 0.5) is 0 Å². The maximum Gasteiger partial charge on any atom is 0.306 e. The summed E-state index contributed by atoms with van der Waals surface area (Å²) in [7, 11) is 0. The van der Waals surface area contributed by atoms with E-state index >= 15 is 0 Å². The molecule has 0 spiro atoms. The zero-order valence-electron chi connectivity index (χ0n) is 40.2. The molecule has 0 aliphatic rings. The van der Waals surface area contributed by atoms with Crippen molar-refractivity contribution in [2.75, 3.05) is 13.2 Å². The first kappa shape index (κ1) is 57.4. The van der Waals surface area contributed by atoms with E-state index in [4.69, 9.17) is 14.2 Å². The molecule has 0 unspecified atom stereocenters. The average molecular weight is 835 g/mol. The SMILES string of the molecule is CCCCCCCCCCCCCCCCCCCC(=O)O[C@@H](COC(=O)CCCCCCC)COC(=O)CCCCCCCCCCCCCCCCCCC(C)C. The molecule has 0 aromatic carbocycles. The molecule has 0 fully saturated rings. The van der Waals surface area contributed by atoms with Crippen molar-refractivity contribution in [1.82, 2.24) is 0 Å². The van der Waals surface area contributed by atoms with E-state index in [1.165, 1.54) is 186 Å². The molecule has 0 bridgehead atoms. The molecular weight excluding hydrogens is 733 g/mol. The minimum absolute atomic E-state index is 0.0636. The molecule has 0 saturated carbocycles. The highest BCUT2D eigenvalue weighted by Gasteiger charge is 2.19. The largest absolute Gasteiger partial charge is 0.462 e. The van der Waals surface area contributed by atoms with Crippen molar-refractivity contribution in [2.24, 2.45) is 5.92 Å². The number of hydrogen-bond acceptors (Lipinski definition) is 6. The van der Waals surface area contributed by atoms with E-state index in [1.807, 2.05) is 0 Å². The molecule has 59 heavy (non-hydrogen) atoms. The second kappa shape index (κ2) is 47.5. The van der Waals surface area contributed by atoms with Crippen molar-refractivity contribution < 1.29 is 28.6 Å². The Kier molecular flexibility index (Phi) is 46.2. The molecule has 0 heterocycles. The van der Waals surface area contributed by atoms with Gasteiger partial charge in [-0.25, -0.2) is 0 Å². The third kappa shape index (κ3) is 47.3. The van der Waals surface area contributed by atoms with Gasteiger partial charge >= 0.3 is 17.9 Å². The lowest BCUT2D eigenvalue weighted by Gasteiger charge is -2.18. The number of hydrogen-bond donors (Lipinski definition) is 0. The van der Waals surface area contributed by atoms with Crippen LogP contribution in [0.25, 0.3) is 0 Å². The van der Waals surface area contributed by atoms with Crippen LogP contribution >= 0.6 is 0 Å². The summed E-state index contributed by atoms with van der Waals surface area (Å²) in [6.45, 7) is 8.97.